The summed E-state index contributed by atoms with van der Waals surface area (Å²) >= 11 is 6.21. The van der Waals surface area contributed by atoms with E-state index in [1.54, 1.807) is 0 Å². The molecule has 5 nitrogen and oxygen atoms in total. The molecule has 25 heavy (non-hydrogen) atoms. The molecule has 2 aromatic rings. The van der Waals surface area contributed by atoms with Crippen molar-refractivity contribution in [2.45, 2.75) is 44.4 Å². The highest BCUT2D eigenvalue weighted by molar-refractivity contribution is 6.31. The lowest BCUT2D eigenvalue weighted by Gasteiger charge is -2.24. The highest BCUT2D eigenvalue weighted by Gasteiger charge is 2.54. The smallest absolute Gasteiger partial charge is 0.227 e. The first-order chi connectivity index (χ1) is 12.1. The first-order valence-corrected chi connectivity index (χ1v) is 9.34. The van der Waals surface area contributed by atoms with Crippen LogP contribution in [0, 0.1) is 5.92 Å². The minimum Gasteiger partial charge on any atom is -0.341 e. The van der Waals surface area contributed by atoms with E-state index in [2.05, 4.69) is 10.1 Å². The van der Waals surface area contributed by atoms with Crippen LogP contribution in [0.5, 0.6) is 0 Å². The number of hydrogen-bond acceptors (Lipinski definition) is 4. The van der Waals surface area contributed by atoms with Gasteiger partial charge in [-0.15, -0.1) is 0 Å². The molecule has 0 radical (unpaired) electrons. The standard InChI is InChI=1S/C19H22ClN3O2/c1-2-16-21-18(22-25-16)19-9-5-7-14(19)11-23(12-19)17(24)10-13-6-3-4-8-15(13)20/h3-4,6,8,14H,2,5,7,9-12H2,1H3/t14-,19-/m1/s1. The molecule has 4 rings (SSSR count). The van der Waals surface area contributed by atoms with Gasteiger partial charge in [-0.05, 0) is 30.4 Å². The Morgan fingerprint density at radius 1 is 1.44 bits per heavy atom. The number of likely N-dealkylation sites (tertiary alicyclic amines) is 1. The first kappa shape index (κ1) is 16.6. The molecule has 0 N–H and O–H groups in total. The van der Waals surface area contributed by atoms with Crippen LogP contribution in [0.15, 0.2) is 28.8 Å². The van der Waals surface area contributed by atoms with Crippen LogP contribution in [0.25, 0.3) is 0 Å². The molecule has 0 bridgehead atoms. The van der Waals surface area contributed by atoms with Crippen LogP contribution in [0.4, 0.5) is 0 Å². The van der Waals surface area contributed by atoms with Crippen LogP contribution in [0.3, 0.4) is 0 Å². The molecule has 2 atom stereocenters. The van der Waals surface area contributed by atoms with Crippen LogP contribution in [-0.4, -0.2) is 34.0 Å². The molecule has 0 spiro atoms. The van der Waals surface area contributed by atoms with E-state index in [0.717, 1.165) is 43.6 Å². The topological polar surface area (TPSA) is 59.2 Å². The number of aryl methyl sites for hydroxylation is 1. The number of amides is 1. The number of aromatic nitrogens is 2. The van der Waals surface area contributed by atoms with Crippen molar-refractivity contribution in [1.82, 2.24) is 15.0 Å². The van der Waals surface area contributed by atoms with Crippen LogP contribution >= 0.6 is 11.6 Å². The van der Waals surface area contributed by atoms with Crippen LogP contribution in [0.1, 0.15) is 43.5 Å². The Morgan fingerprint density at radius 3 is 3.04 bits per heavy atom. The summed E-state index contributed by atoms with van der Waals surface area (Å²) in [7, 11) is 0. The summed E-state index contributed by atoms with van der Waals surface area (Å²) in [6, 6.07) is 7.54. The van der Waals surface area contributed by atoms with Crippen molar-refractivity contribution in [1.29, 1.82) is 0 Å². The van der Waals surface area contributed by atoms with Crippen molar-refractivity contribution in [3.63, 3.8) is 0 Å². The molecule has 0 unspecified atom stereocenters. The van der Waals surface area contributed by atoms with E-state index in [1.165, 1.54) is 0 Å². The Hall–Kier alpha value is -1.88. The highest BCUT2D eigenvalue weighted by Crippen LogP contribution is 2.49. The second kappa shape index (κ2) is 6.45. The van der Waals surface area contributed by atoms with Crippen LogP contribution in [-0.2, 0) is 23.1 Å². The van der Waals surface area contributed by atoms with Crippen molar-refractivity contribution in [2.24, 2.45) is 5.92 Å². The lowest BCUT2D eigenvalue weighted by molar-refractivity contribution is -0.129. The Kier molecular flexibility index (Phi) is 4.28. The minimum atomic E-state index is -0.132. The monoisotopic (exact) mass is 359 g/mol. The molecule has 1 saturated carbocycles. The summed E-state index contributed by atoms with van der Waals surface area (Å²) in [6.07, 6.45) is 4.38. The zero-order chi connectivity index (χ0) is 17.4. The zero-order valence-electron chi connectivity index (χ0n) is 14.4. The number of carbonyl (C=O) groups excluding carboxylic acids is 1. The molecule has 2 heterocycles. The predicted octanol–water partition coefficient (Wildman–Crippen LogP) is 3.41. The van der Waals surface area contributed by atoms with Gasteiger partial charge in [0.15, 0.2) is 5.82 Å². The van der Waals surface area contributed by atoms with Gasteiger partial charge in [-0.1, -0.05) is 48.3 Å². The van der Waals surface area contributed by atoms with Gasteiger partial charge in [0.2, 0.25) is 11.8 Å². The minimum absolute atomic E-state index is 0.126. The number of hydrogen-bond donors (Lipinski definition) is 0. The van der Waals surface area contributed by atoms with Crippen molar-refractivity contribution >= 4 is 17.5 Å². The molecule has 1 saturated heterocycles. The highest BCUT2D eigenvalue weighted by atomic mass is 35.5. The number of nitrogens with zero attached hydrogens (tertiary/aromatic N) is 3. The summed E-state index contributed by atoms with van der Waals surface area (Å²) in [5.41, 5.74) is 0.751. The molecule has 1 aliphatic heterocycles. The fraction of sp³-hybridized carbons (Fsp3) is 0.526. The van der Waals surface area contributed by atoms with Gasteiger partial charge in [-0.25, -0.2) is 0 Å². The number of halogens is 1. The van der Waals surface area contributed by atoms with Crippen molar-refractivity contribution < 1.29 is 9.32 Å². The zero-order valence-corrected chi connectivity index (χ0v) is 15.1. The number of benzene rings is 1. The Bertz CT molecular complexity index is 790. The quantitative estimate of drug-likeness (QED) is 0.839. The van der Waals surface area contributed by atoms with Gasteiger partial charge in [0.05, 0.1) is 11.8 Å². The molecule has 1 amide bonds. The maximum absolute atomic E-state index is 12.8. The summed E-state index contributed by atoms with van der Waals surface area (Å²) in [5.74, 6) is 2.02. The van der Waals surface area contributed by atoms with Gasteiger partial charge in [0, 0.05) is 24.5 Å². The lowest BCUT2D eigenvalue weighted by atomic mass is 9.80. The molecule has 1 aliphatic carbocycles. The van der Waals surface area contributed by atoms with E-state index in [4.69, 9.17) is 16.1 Å². The van der Waals surface area contributed by atoms with Gasteiger partial charge in [0.1, 0.15) is 0 Å². The molecule has 6 heteroatoms. The van der Waals surface area contributed by atoms with E-state index >= 15 is 0 Å². The summed E-state index contributed by atoms with van der Waals surface area (Å²) in [5, 5.41) is 4.90. The number of fused-ring (bicyclic) bond motifs is 1. The molecule has 1 aromatic carbocycles. The maximum atomic E-state index is 12.8. The van der Waals surface area contributed by atoms with E-state index in [9.17, 15) is 4.79 Å². The Morgan fingerprint density at radius 2 is 2.28 bits per heavy atom. The van der Waals surface area contributed by atoms with Gasteiger partial charge in [-0.3, -0.25) is 4.79 Å². The van der Waals surface area contributed by atoms with Crippen molar-refractivity contribution in [3.05, 3.63) is 46.6 Å². The largest absolute Gasteiger partial charge is 0.341 e. The average Bonchev–Trinajstić information content (AvgIpc) is 3.30. The van der Waals surface area contributed by atoms with Gasteiger partial charge in [0.25, 0.3) is 0 Å². The average molecular weight is 360 g/mol. The van der Waals surface area contributed by atoms with Crippen LogP contribution < -0.4 is 0 Å². The summed E-state index contributed by atoms with van der Waals surface area (Å²) in [6.45, 7) is 3.47. The third-order valence-corrected chi connectivity index (χ3v) is 6.11. The first-order valence-electron chi connectivity index (χ1n) is 8.96. The Labute approximate surface area is 152 Å². The van der Waals surface area contributed by atoms with Gasteiger partial charge < -0.3 is 9.42 Å². The lowest BCUT2D eigenvalue weighted by Crippen LogP contribution is -2.36. The fourth-order valence-electron chi connectivity index (χ4n) is 4.36. The van der Waals surface area contributed by atoms with E-state index in [-0.39, 0.29) is 11.3 Å². The molecule has 2 fully saturated rings. The van der Waals surface area contributed by atoms with Gasteiger partial charge >= 0.3 is 0 Å². The Balaban J connectivity index is 1.54. The second-order valence-corrected chi connectivity index (χ2v) is 7.56. The van der Waals surface area contributed by atoms with E-state index in [1.807, 2.05) is 36.1 Å². The molecular weight excluding hydrogens is 338 g/mol. The molecular formula is C19H22ClN3O2. The number of carbonyl (C=O) groups is 1. The van der Waals surface area contributed by atoms with Gasteiger partial charge in [-0.2, -0.15) is 4.98 Å². The second-order valence-electron chi connectivity index (χ2n) is 7.15. The van der Waals surface area contributed by atoms with Crippen LogP contribution in [0.2, 0.25) is 5.02 Å². The SMILES string of the molecule is CCc1nc([C@@]23CCC[C@@H]2CN(C(=O)Cc2ccccc2Cl)C3)no1. The third kappa shape index (κ3) is 2.84. The van der Waals surface area contributed by atoms with Crippen molar-refractivity contribution in [2.75, 3.05) is 13.1 Å². The maximum Gasteiger partial charge on any atom is 0.227 e. The fourth-order valence-corrected chi connectivity index (χ4v) is 4.56. The van der Waals surface area contributed by atoms with E-state index < -0.39 is 0 Å². The summed E-state index contributed by atoms with van der Waals surface area (Å²) in [4.78, 5) is 19.4. The third-order valence-electron chi connectivity index (χ3n) is 5.74. The number of rotatable bonds is 4. The molecule has 132 valence electrons. The molecule has 1 aromatic heterocycles. The predicted molar refractivity (Wildman–Crippen MR) is 94.4 cm³/mol. The normalized spacial score (nSPS) is 25.4. The van der Waals surface area contributed by atoms with E-state index in [0.29, 0.717) is 29.8 Å². The van der Waals surface area contributed by atoms with Crippen molar-refractivity contribution in [3.8, 4) is 0 Å². The summed E-state index contributed by atoms with van der Waals surface area (Å²) < 4.78 is 5.35. The molecule has 2 aliphatic rings.